The van der Waals surface area contributed by atoms with Crippen molar-refractivity contribution in [3.63, 3.8) is 0 Å². The molecule has 0 aliphatic carbocycles. The number of nitrogens with one attached hydrogen (secondary N) is 2. The first-order valence-electron chi connectivity index (χ1n) is 7.65. The van der Waals surface area contributed by atoms with E-state index < -0.39 is 6.04 Å². The Labute approximate surface area is 132 Å². The quantitative estimate of drug-likeness (QED) is 0.813. The molecule has 5 nitrogen and oxygen atoms in total. The molecule has 1 rings (SSSR count). The van der Waals surface area contributed by atoms with Crippen LogP contribution in [0, 0.1) is 5.92 Å². The van der Waals surface area contributed by atoms with Gasteiger partial charge in [0.2, 0.25) is 11.8 Å². The number of benzene rings is 1. The third-order valence-electron chi connectivity index (χ3n) is 3.36. The maximum atomic E-state index is 12.3. The molecule has 0 spiro atoms. The van der Waals surface area contributed by atoms with Crippen molar-refractivity contribution in [1.29, 1.82) is 0 Å². The first-order valence-corrected chi connectivity index (χ1v) is 7.65. The molecule has 0 radical (unpaired) electrons. The number of ether oxygens (including phenoxy) is 1. The van der Waals surface area contributed by atoms with Crippen molar-refractivity contribution < 1.29 is 14.3 Å². The van der Waals surface area contributed by atoms with Crippen molar-refractivity contribution >= 4 is 11.8 Å². The van der Waals surface area contributed by atoms with Gasteiger partial charge in [0.05, 0.1) is 12.6 Å². The summed E-state index contributed by atoms with van der Waals surface area (Å²) in [5.74, 6) is 0.452. The van der Waals surface area contributed by atoms with Gasteiger partial charge in [-0.3, -0.25) is 9.59 Å². The van der Waals surface area contributed by atoms with Crippen LogP contribution in [0.1, 0.15) is 46.2 Å². The van der Waals surface area contributed by atoms with E-state index in [1.165, 1.54) is 6.92 Å². The summed E-state index contributed by atoms with van der Waals surface area (Å²) in [5.41, 5.74) is 0.988. The highest BCUT2D eigenvalue weighted by molar-refractivity contribution is 5.87. The second-order valence-corrected chi connectivity index (χ2v) is 5.65. The van der Waals surface area contributed by atoms with Crippen LogP contribution in [0.2, 0.25) is 0 Å². The molecule has 122 valence electrons. The average molecular weight is 306 g/mol. The first-order chi connectivity index (χ1) is 10.3. The summed E-state index contributed by atoms with van der Waals surface area (Å²) in [5, 5.41) is 5.63. The van der Waals surface area contributed by atoms with E-state index >= 15 is 0 Å². The summed E-state index contributed by atoms with van der Waals surface area (Å²) in [4.78, 5) is 23.5. The lowest BCUT2D eigenvalue weighted by Gasteiger charge is -2.23. The van der Waals surface area contributed by atoms with E-state index in [2.05, 4.69) is 10.6 Å². The van der Waals surface area contributed by atoms with Gasteiger partial charge in [-0.2, -0.15) is 0 Å². The largest absolute Gasteiger partial charge is 0.494 e. The van der Waals surface area contributed by atoms with Crippen LogP contribution in [0.25, 0.3) is 0 Å². The van der Waals surface area contributed by atoms with Crippen LogP contribution in [0.3, 0.4) is 0 Å². The Hall–Kier alpha value is -2.04. The highest BCUT2D eigenvalue weighted by Gasteiger charge is 2.24. The number of hydrogen-bond donors (Lipinski definition) is 2. The number of amides is 2. The summed E-state index contributed by atoms with van der Waals surface area (Å²) in [6.07, 6.45) is 0. The first kappa shape index (κ1) is 18.0. The summed E-state index contributed by atoms with van der Waals surface area (Å²) in [6, 6.07) is 6.96. The van der Waals surface area contributed by atoms with Gasteiger partial charge in [-0.25, -0.2) is 0 Å². The Kier molecular flexibility index (Phi) is 6.89. The van der Waals surface area contributed by atoms with Crippen LogP contribution in [-0.4, -0.2) is 24.5 Å². The fraction of sp³-hybridized carbons (Fsp3) is 0.529. The fourth-order valence-corrected chi connectivity index (χ4v) is 2.16. The number of carbonyl (C=O) groups is 2. The highest BCUT2D eigenvalue weighted by atomic mass is 16.5. The molecule has 1 aromatic carbocycles. The van der Waals surface area contributed by atoms with E-state index in [0.29, 0.717) is 6.61 Å². The van der Waals surface area contributed by atoms with Gasteiger partial charge in [-0.15, -0.1) is 0 Å². The lowest BCUT2D eigenvalue weighted by Crippen LogP contribution is -2.49. The van der Waals surface area contributed by atoms with E-state index in [-0.39, 0.29) is 23.8 Å². The maximum Gasteiger partial charge on any atom is 0.243 e. The lowest BCUT2D eigenvalue weighted by molar-refractivity contribution is -0.129. The average Bonchev–Trinajstić information content (AvgIpc) is 2.45. The van der Waals surface area contributed by atoms with Crippen molar-refractivity contribution in [2.75, 3.05) is 6.61 Å². The van der Waals surface area contributed by atoms with Gasteiger partial charge in [0.1, 0.15) is 11.8 Å². The van der Waals surface area contributed by atoms with E-state index in [1.54, 1.807) is 0 Å². The van der Waals surface area contributed by atoms with E-state index in [4.69, 9.17) is 4.74 Å². The molecule has 2 N–H and O–H groups in total. The fourth-order valence-electron chi connectivity index (χ4n) is 2.16. The Morgan fingerprint density at radius 1 is 1.09 bits per heavy atom. The number of hydrogen-bond acceptors (Lipinski definition) is 3. The monoisotopic (exact) mass is 306 g/mol. The molecule has 0 aliphatic heterocycles. The molecular formula is C17H26N2O3. The van der Waals surface area contributed by atoms with Crippen LogP contribution in [0.4, 0.5) is 0 Å². The second kappa shape index (κ2) is 8.41. The molecular weight excluding hydrogens is 280 g/mol. The van der Waals surface area contributed by atoms with Crippen molar-refractivity contribution in [3.05, 3.63) is 29.8 Å². The predicted octanol–water partition coefficient (Wildman–Crippen LogP) is 2.42. The summed E-state index contributed by atoms with van der Waals surface area (Å²) in [7, 11) is 0. The van der Waals surface area contributed by atoms with Gasteiger partial charge < -0.3 is 15.4 Å². The smallest absolute Gasteiger partial charge is 0.243 e. The van der Waals surface area contributed by atoms with Gasteiger partial charge in [0.25, 0.3) is 0 Å². The zero-order valence-corrected chi connectivity index (χ0v) is 14.0. The molecule has 0 saturated carbocycles. The van der Waals surface area contributed by atoms with Gasteiger partial charge in [0, 0.05) is 6.92 Å². The summed E-state index contributed by atoms with van der Waals surface area (Å²) < 4.78 is 5.40. The number of carbonyl (C=O) groups excluding carboxylic acids is 2. The van der Waals surface area contributed by atoms with Gasteiger partial charge >= 0.3 is 0 Å². The standard InChI is InChI=1S/C17H26N2O3/c1-6-22-15-9-7-14(8-10-15)12(4)18-17(21)16(11(2)3)19-13(5)20/h7-12,16H,6H2,1-5H3,(H,18,21)(H,19,20)/t12-,16+/m1/s1. The second-order valence-electron chi connectivity index (χ2n) is 5.65. The highest BCUT2D eigenvalue weighted by Crippen LogP contribution is 2.18. The summed E-state index contributed by atoms with van der Waals surface area (Å²) in [6.45, 7) is 9.70. The van der Waals surface area contributed by atoms with Crippen LogP contribution >= 0.6 is 0 Å². The molecule has 0 heterocycles. The Morgan fingerprint density at radius 3 is 2.14 bits per heavy atom. The van der Waals surface area contributed by atoms with E-state index in [1.807, 2.05) is 52.0 Å². The predicted molar refractivity (Wildman–Crippen MR) is 86.6 cm³/mol. The minimum absolute atomic E-state index is 0.0245. The molecule has 0 unspecified atom stereocenters. The SMILES string of the molecule is CCOc1ccc([C@@H](C)NC(=O)[C@@H](NC(C)=O)C(C)C)cc1. The molecule has 5 heteroatoms. The Balaban J connectivity index is 2.70. The van der Waals surface area contributed by atoms with Crippen LogP contribution in [-0.2, 0) is 9.59 Å². The van der Waals surface area contributed by atoms with Crippen LogP contribution in [0.15, 0.2) is 24.3 Å². The van der Waals surface area contributed by atoms with Gasteiger partial charge in [-0.05, 0) is 37.5 Å². The normalized spacial score (nSPS) is 13.4. The molecule has 0 aliphatic rings. The molecule has 0 bridgehead atoms. The minimum atomic E-state index is -0.525. The van der Waals surface area contributed by atoms with Crippen molar-refractivity contribution in [2.24, 2.45) is 5.92 Å². The molecule has 2 amide bonds. The van der Waals surface area contributed by atoms with Crippen LogP contribution in [0.5, 0.6) is 5.75 Å². The molecule has 1 aromatic rings. The zero-order valence-electron chi connectivity index (χ0n) is 14.0. The molecule has 2 atom stereocenters. The topological polar surface area (TPSA) is 67.4 Å². The van der Waals surface area contributed by atoms with E-state index in [0.717, 1.165) is 11.3 Å². The Bertz CT molecular complexity index is 497. The summed E-state index contributed by atoms with van der Waals surface area (Å²) >= 11 is 0. The van der Waals surface area contributed by atoms with Crippen molar-refractivity contribution in [3.8, 4) is 5.75 Å². The molecule has 22 heavy (non-hydrogen) atoms. The van der Waals surface area contributed by atoms with Crippen molar-refractivity contribution in [2.45, 2.75) is 46.7 Å². The Morgan fingerprint density at radius 2 is 1.68 bits per heavy atom. The third-order valence-corrected chi connectivity index (χ3v) is 3.36. The third kappa shape index (κ3) is 5.39. The van der Waals surface area contributed by atoms with Gasteiger partial charge in [-0.1, -0.05) is 26.0 Å². The molecule has 0 fully saturated rings. The van der Waals surface area contributed by atoms with E-state index in [9.17, 15) is 9.59 Å². The number of rotatable bonds is 7. The maximum absolute atomic E-state index is 12.3. The van der Waals surface area contributed by atoms with Gasteiger partial charge in [0.15, 0.2) is 0 Å². The minimum Gasteiger partial charge on any atom is -0.494 e. The molecule has 0 saturated heterocycles. The van der Waals surface area contributed by atoms with Crippen LogP contribution < -0.4 is 15.4 Å². The lowest BCUT2D eigenvalue weighted by atomic mass is 10.0. The zero-order chi connectivity index (χ0) is 16.7. The molecule has 0 aromatic heterocycles. The van der Waals surface area contributed by atoms with Crippen molar-refractivity contribution in [1.82, 2.24) is 10.6 Å².